The van der Waals surface area contributed by atoms with Gasteiger partial charge in [-0.1, -0.05) is 59.8 Å². The van der Waals surface area contributed by atoms with E-state index in [1.54, 1.807) is 0 Å². The van der Waals surface area contributed by atoms with Crippen molar-refractivity contribution in [3.63, 3.8) is 0 Å². The monoisotopic (exact) mass is 404 g/mol. The lowest BCUT2D eigenvalue weighted by molar-refractivity contribution is 0.213. The van der Waals surface area contributed by atoms with E-state index in [4.69, 9.17) is 4.63 Å². The molecule has 7 heteroatoms. The van der Waals surface area contributed by atoms with Gasteiger partial charge in [0, 0.05) is 45.2 Å². The zero-order chi connectivity index (χ0) is 20.3. The van der Waals surface area contributed by atoms with E-state index in [1.165, 1.54) is 16.7 Å². The van der Waals surface area contributed by atoms with Crippen LogP contribution in [-0.2, 0) is 0 Å². The predicted molar refractivity (Wildman–Crippen MR) is 117 cm³/mol. The molecular weight excluding hydrogens is 376 g/mol. The van der Waals surface area contributed by atoms with Crippen LogP contribution in [-0.4, -0.2) is 54.5 Å². The maximum Gasteiger partial charge on any atom is 0.196 e. The minimum Gasteiger partial charge on any atom is -0.350 e. The van der Waals surface area contributed by atoms with Crippen molar-refractivity contribution in [2.75, 3.05) is 44.2 Å². The average molecular weight is 405 g/mol. The van der Waals surface area contributed by atoms with Crippen LogP contribution in [0.4, 0.5) is 5.82 Å². The summed E-state index contributed by atoms with van der Waals surface area (Å²) in [6.45, 7) is 7.98. The fourth-order valence-corrected chi connectivity index (χ4v) is 4.56. The van der Waals surface area contributed by atoms with Crippen LogP contribution in [0.5, 0.6) is 0 Å². The van der Waals surface area contributed by atoms with Crippen molar-refractivity contribution in [1.29, 1.82) is 0 Å². The van der Waals surface area contributed by atoms with E-state index in [1.807, 2.05) is 6.92 Å². The zero-order valence-electron chi connectivity index (χ0n) is 17.3. The van der Waals surface area contributed by atoms with Crippen molar-refractivity contribution < 1.29 is 4.63 Å². The van der Waals surface area contributed by atoms with Gasteiger partial charge in [0.2, 0.25) is 0 Å². The van der Waals surface area contributed by atoms with Crippen LogP contribution in [0, 0.1) is 12.8 Å². The smallest absolute Gasteiger partial charge is 0.196 e. The minimum absolute atomic E-state index is 0.329. The number of aryl methyl sites for hydroxylation is 1. The summed E-state index contributed by atoms with van der Waals surface area (Å²) >= 11 is 0. The third-order valence-electron chi connectivity index (χ3n) is 6.26. The Balaban J connectivity index is 1.20. The van der Waals surface area contributed by atoms with Gasteiger partial charge < -0.3 is 4.90 Å². The maximum atomic E-state index is 4.86. The molecule has 0 bridgehead atoms. The SMILES string of the molecule is Cc1nonc1N1CCN(CC2CNNC2c2ccc(-c3ccccc3)cc2)CC1. The normalized spacial score (nSPS) is 22.5. The number of anilines is 1. The van der Waals surface area contributed by atoms with E-state index in [0.717, 1.165) is 50.8 Å². The summed E-state index contributed by atoms with van der Waals surface area (Å²) in [6, 6.07) is 19.9. The molecular formula is C23H28N6O. The molecule has 5 rings (SSSR count). The number of hydrogen-bond donors (Lipinski definition) is 2. The number of rotatable bonds is 5. The Labute approximate surface area is 177 Å². The highest BCUT2D eigenvalue weighted by Gasteiger charge is 2.31. The van der Waals surface area contributed by atoms with Gasteiger partial charge in [-0.25, -0.2) is 10.1 Å². The van der Waals surface area contributed by atoms with Crippen LogP contribution < -0.4 is 15.8 Å². The molecule has 30 heavy (non-hydrogen) atoms. The molecule has 0 amide bonds. The van der Waals surface area contributed by atoms with Gasteiger partial charge >= 0.3 is 0 Å². The number of piperazine rings is 1. The summed E-state index contributed by atoms with van der Waals surface area (Å²) in [5, 5.41) is 7.95. The minimum atomic E-state index is 0.329. The average Bonchev–Trinajstić information content (AvgIpc) is 3.44. The Kier molecular flexibility index (Phi) is 5.48. The van der Waals surface area contributed by atoms with Gasteiger partial charge in [0.15, 0.2) is 5.82 Å². The molecule has 0 spiro atoms. The number of nitrogens with one attached hydrogen (secondary N) is 2. The molecule has 1 aromatic heterocycles. The molecule has 3 heterocycles. The zero-order valence-corrected chi connectivity index (χ0v) is 17.3. The Bertz CT molecular complexity index is 949. The first-order chi connectivity index (χ1) is 14.8. The lowest BCUT2D eigenvalue weighted by Gasteiger charge is -2.36. The van der Waals surface area contributed by atoms with Gasteiger partial charge in [-0.15, -0.1) is 0 Å². The van der Waals surface area contributed by atoms with Crippen molar-refractivity contribution in [2.45, 2.75) is 13.0 Å². The van der Waals surface area contributed by atoms with Crippen LogP contribution >= 0.6 is 0 Å². The topological polar surface area (TPSA) is 69.5 Å². The molecule has 2 atom stereocenters. The summed E-state index contributed by atoms with van der Waals surface area (Å²) in [5.74, 6) is 1.42. The van der Waals surface area contributed by atoms with Crippen molar-refractivity contribution in [1.82, 2.24) is 26.1 Å². The molecule has 0 radical (unpaired) electrons. The first-order valence-electron chi connectivity index (χ1n) is 10.7. The lowest BCUT2D eigenvalue weighted by Crippen LogP contribution is -2.48. The van der Waals surface area contributed by atoms with Gasteiger partial charge in [0.25, 0.3) is 0 Å². The largest absolute Gasteiger partial charge is 0.350 e. The van der Waals surface area contributed by atoms with Gasteiger partial charge in [-0.3, -0.25) is 10.3 Å². The Morgan fingerprint density at radius 2 is 1.67 bits per heavy atom. The molecule has 2 aliphatic heterocycles. The molecule has 0 saturated carbocycles. The fourth-order valence-electron chi connectivity index (χ4n) is 4.56. The molecule has 2 fully saturated rings. The standard InChI is InChI=1S/C23H28N6O/c1-17-23(27-30-26-17)29-13-11-28(12-14-29)16-21-15-24-25-22(21)20-9-7-19(8-10-20)18-5-3-2-4-6-18/h2-10,21-22,24-25H,11-16H2,1H3. The summed E-state index contributed by atoms with van der Waals surface area (Å²) in [5.41, 5.74) is 11.6. The molecule has 7 nitrogen and oxygen atoms in total. The summed E-state index contributed by atoms with van der Waals surface area (Å²) in [6.07, 6.45) is 0. The first kappa shape index (κ1) is 19.2. The van der Waals surface area contributed by atoms with Crippen LogP contribution in [0.25, 0.3) is 11.1 Å². The quantitative estimate of drug-likeness (QED) is 0.677. The van der Waals surface area contributed by atoms with Crippen LogP contribution in [0.15, 0.2) is 59.2 Å². The third-order valence-corrected chi connectivity index (χ3v) is 6.26. The van der Waals surface area contributed by atoms with Crippen LogP contribution in [0.1, 0.15) is 17.3 Å². The fraction of sp³-hybridized carbons (Fsp3) is 0.391. The van der Waals surface area contributed by atoms with Crippen molar-refractivity contribution in [2.24, 2.45) is 5.92 Å². The Morgan fingerprint density at radius 3 is 2.37 bits per heavy atom. The van der Waals surface area contributed by atoms with E-state index in [9.17, 15) is 0 Å². The summed E-state index contributed by atoms with van der Waals surface area (Å²) < 4.78 is 4.86. The first-order valence-corrected chi connectivity index (χ1v) is 10.7. The van der Waals surface area contributed by atoms with Gasteiger partial charge in [-0.2, -0.15) is 0 Å². The number of benzene rings is 2. The highest BCUT2D eigenvalue weighted by atomic mass is 16.6. The summed E-state index contributed by atoms with van der Waals surface area (Å²) in [4.78, 5) is 4.83. The van der Waals surface area contributed by atoms with Crippen molar-refractivity contribution in [3.8, 4) is 11.1 Å². The second-order valence-electron chi connectivity index (χ2n) is 8.21. The Hall–Kier alpha value is -2.74. The molecule has 2 unspecified atom stereocenters. The van der Waals surface area contributed by atoms with Gasteiger partial charge in [0.1, 0.15) is 5.69 Å². The van der Waals surface area contributed by atoms with E-state index in [0.29, 0.717) is 12.0 Å². The van der Waals surface area contributed by atoms with E-state index in [2.05, 4.69) is 85.6 Å². The molecule has 156 valence electrons. The predicted octanol–water partition coefficient (Wildman–Crippen LogP) is 2.63. The molecule has 2 N–H and O–H groups in total. The molecule has 3 aromatic rings. The Morgan fingerprint density at radius 1 is 0.933 bits per heavy atom. The maximum absolute atomic E-state index is 4.86. The lowest BCUT2D eigenvalue weighted by atomic mass is 9.92. The van der Waals surface area contributed by atoms with Gasteiger partial charge in [-0.05, 0) is 28.8 Å². The number of hydrogen-bond acceptors (Lipinski definition) is 7. The van der Waals surface area contributed by atoms with E-state index in [-0.39, 0.29) is 0 Å². The van der Waals surface area contributed by atoms with Gasteiger partial charge in [0.05, 0.1) is 6.04 Å². The number of hydrazine groups is 1. The molecule has 0 aliphatic carbocycles. The summed E-state index contributed by atoms with van der Waals surface area (Å²) in [7, 11) is 0. The second kappa shape index (κ2) is 8.55. The number of nitrogens with zero attached hydrogens (tertiary/aromatic N) is 4. The number of aromatic nitrogens is 2. The molecule has 2 aliphatic rings. The van der Waals surface area contributed by atoms with Crippen molar-refractivity contribution >= 4 is 5.82 Å². The third kappa shape index (κ3) is 3.96. The highest BCUT2D eigenvalue weighted by Crippen LogP contribution is 2.28. The molecule has 2 saturated heterocycles. The highest BCUT2D eigenvalue weighted by molar-refractivity contribution is 5.63. The van der Waals surface area contributed by atoms with Crippen molar-refractivity contribution in [3.05, 3.63) is 65.9 Å². The van der Waals surface area contributed by atoms with Crippen LogP contribution in [0.3, 0.4) is 0 Å². The van der Waals surface area contributed by atoms with E-state index < -0.39 is 0 Å². The second-order valence-corrected chi connectivity index (χ2v) is 8.21. The molecule has 2 aromatic carbocycles. The van der Waals surface area contributed by atoms with E-state index >= 15 is 0 Å². The van der Waals surface area contributed by atoms with Crippen LogP contribution in [0.2, 0.25) is 0 Å².